The van der Waals surface area contributed by atoms with E-state index >= 15 is 0 Å². The Balaban J connectivity index is 2.27. The van der Waals surface area contributed by atoms with E-state index in [1.165, 1.54) is 0 Å². The molecule has 0 aromatic heterocycles. The maximum atomic E-state index is 14.2. The summed E-state index contributed by atoms with van der Waals surface area (Å²) in [6, 6.07) is 3.67. The summed E-state index contributed by atoms with van der Waals surface area (Å²) >= 11 is 0. The van der Waals surface area contributed by atoms with Gasteiger partial charge in [-0.05, 0) is 36.0 Å². The van der Waals surface area contributed by atoms with E-state index in [1.807, 2.05) is 6.92 Å². The van der Waals surface area contributed by atoms with E-state index in [4.69, 9.17) is 9.47 Å². The lowest BCUT2D eigenvalue weighted by Crippen LogP contribution is -2.18. The molecule has 1 aliphatic rings. The van der Waals surface area contributed by atoms with Gasteiger partial charge in [-0.1, -0.05) is 26.8 Å². The van der Waals surface area contributed by atoms with Crippen LogP contribution in [0.5, 0.6) is 5.75 Å². The molecule has 0 radical (unpaired) electrons. The first kappa shape index (κ1) is 14.3. The van der Waals surface area contributed by atoms with Crippen LogP contribution in [0.15, 0.2) is 12.1 Å². The molecule has 1 heterocycles. The highest BCUT2D eigenvalue weighted by Gasteiger charge is 2.21. The molecule has 0 N–H and O–H groups in total. The highest BCUT2D eigenvalue weighted by molar-refractivity contribution is 5.39. The number of rotatable bonds is 5. The van der Waals surface area contributed by atoms with Crippen LogP contribution in [0.4, 0.5) is 4.39 Å². The molecule has 0 aliphatic carbocycles. The summed E-state index contributed by atoms with van der Waals surface area (Å²) in [5, 5.41) is 0. The molecule has 1 aliphatic heterocycles. The van der Waals surface area contributed by atoms with Crippen molar-refractivity contribution in [3.05, 3.63) is 29.1 Å². The molecule has 1 fully saturated rings. The van der Waals surface area contributed by atoms with Gasteiger partial charge in [-0.2, -0.15) is 0 Å². The van der Waals surface area contributed by atoms with Gasteiger partial charge in [0.25, 0.3) is 0 Å². The third-order valence-electron chi connectivity index (χ3n) is 3.39. The summed E-state index contributed by atoms with van der Waals surface area (Å²) in [6.45, 7) is 7.59. The highest BCUT2D eigenvalue weighted by atomic mass is 19.1. The minimum absolute atomic E-state index is 0.00658. The van der Waals surface area contributed by atoms with Crippen molar-refractivity contribution in [2.24, 2.45) is 5.92 Å². The van der Waals surface area contributed by atoms with E-state index in [-0.39, 0.29) is 11.9 Å². The first-order chi connectivity index (χ1) is 9.10. The SMILES string of the molecule is CCc1cc(F)c(O[C@@H]2CCOC2)c(CC(C)C)c1. The molecule has 1 aromatic rings. The molecule has 0 amide bonds. The zero-order valence-corrected chi connectivity index (χ0v) is 12.0. The smallest absolute Gasteiger partial charge is 0.165 e. The average molecular weight is 266 g/mol. The molecular weight excluding hydrogens is 243 g/mol. The Hall–Kier alpha value is -1.09. The summed E-state index contributed by atoms with van der Waals surface area (Å²) in [5.74, 6) is 0.678. The topological polar surface area (TPSA) is 18.5 Å². The quantitative estimate of drug-likeness (QED) is 0.808. The fourth-order valence-electron chi connectivity index (χ4n) is 2.41. The second-order valence-corrected chi connectivity index (χ2v) is 5.62. The normalized spacial score (nSPS) is 19.1. The van der Waals surface area contributed by atoms with E-state index < -0.39 is 0 Å². The molecule has 0 unspecified atom stereocenters. The Kier molecular flexibility index (Phi) is 4.81. The molecule has 0 saturated carbocycles. The molecule has 2 rings (SSSR count). The molecule has 19 heavy (non-hydrogen) atoms. The Labute approximate surface area is 114 Å². The maximum Gasteiger partial charge on any atom is 0.165 e. The lowest BCUT2D eigenvalue weighted by Gasteiger charge is -2.18. The van der Waals surface area contributed by atoms with Gasteiger partial charge in [0, 0.05) is 6.42 Å². The van der Waals surface area contributed by atoms with Crippen molar-refractivity contribution >= 4 is 0 Å². The van der Waals surface area contributed by atoms with Crippen molar-refractivity contribution in [1.29, 1.82) is 0 Å². The zero-order chi connectivity index (χ0) is 13.8. The van der Waals surface area contributed by atoms with Crippen molar-refractivity contribution in [1.82, 2.24) is 0 Å². The lowest BCUT2D eigenvalue weighted by molar-refractivity contribution is 0.137. The summed E-state index contributed by atoms with van der Waals surface area (Å²) < 4.78 is 25.4. The minimum Gasteiger partial charge on any atom is -0.485 e. The van der Waals surface area contributed by atoms with Crippen LogP contribution in [0.25, 0.3) is 0 Å². The highest BCUT2D eigenvalue weighted by Crippen LogP contribution is 2.29. The van der Waals surface area contributed by atoms with Crippen LogP contribution < -0.4 is 4.74 Å². The molecular formula is C16H23FO2. The van der Waals surface area contributed by atoms with E-state index in [0.717, 1.165) is 30.4 Å². The fraction of sp³-hybridized carbons (Fsp3) is 0.625. The number of ether oxygens (including phenoxy) is 2. The third-order valence-corrected chi connectivity index (χ3v) is 3.39. The monoisotopic (exact) mass is 266 g/mol. The van der Waals surface area contributed by atoms with Gasteiger partial charge in [0.05, 0.1) is 13.2 Å². The Morgan fingerprint density at radius 2 is 2.21 bits per heavy atom. The van der Waals surface area contributed by atoms with Crippen LogP contribution in [0.1, 0.15) is 38.3 Å². The molecule has 0 bridgehead atoms. The average Bonchev–Trinajstić information content (AvgIpc) is 2.85. The lowest BCUT2D eigenvalue weighted by atomic mass is 9.98. The minimum atomic E-state index is -0.234. The Morgan fingerprint density at radius 1 is 1.42 bits per heavy atom. The largest absolute Gasteiger partial charge is 0.485 e. The predicted molar refractivity (Wildman–Crippen MR) is 74.2 cm³/mol. The number of halogens is 1. The predicted octanol–water partition coefficient (Wildman–Crippen LogP) is 3.75. The Morgan fingerprint density at radius 3 is 2.79 bits per heavy atom. The van der Waals surface area contributed by atoms with Gasteiger partial charge in [0.15, 0.2) is 11.6 Å². The van der Waals surface area contributed by atoms with Crippen LogP contribution in [-0.2, 0) is 17.6 Å². The molecule has 106 valence electrons. The van der Waals surface area contributed by atoms with E-state index in [1.54, 1.807) is 6.07 Å². The van der Waals surface area contributed by atoms with Crippen LogP contribution in [0.2, 0.25) is 0 Å². The van der Waals surface area contributed by atoms with Crippen LogP contribution >= 0.6 is 0 Å². The molecule has 3 heteroatoms. The summed E-state index contributed by atoms with van der Waals surface area (Å²) in [6.07, 6.45) is 2.52. The second kappa shape index (κ2) is 6.38. The second-order valence-electron chi connectivity index (χ2n) is 5.62. The van der Waals surface area contributed by atoms with Gasteiger partial charge in [0.2, 0.25) is 0 Å². The number of benzene rings is 1. The summed E-state index contributed by atoms with van der Waals surface area (Å²) in [5.41, 5.74) is 2.02. The van der Waals surface area contributed by atoms with Crippen molar-refractivity contribution in [2.45, 2.75) is 46.1 Å². The number of hydrogen-bond acceptors (Lipinski definition) is 2. The number of aryl methyl sites for hydroxylation is 1. The van der Waals surface area contributed by atoms with Gasteiger partial charge in [-0.25, -0.2) is 4.39 Å². The van der Waals surface area contributed by atoms with Crippen molar-refractivity contribution < 1.29 is 13.9 Å². The van der Waals surface area contributed by atoms with Crippen LogP contribution in [-0.4, -0.2) is 19.3 Å². The van der Waals surface area contributed by atoms with E-state index in [2.05, 4.69) is 19.9 Å². The fourth-order valence-corrected chi connectivity index (χ4v) is 2.41. The van der Waals surface area contributed by atoms with Gasteiger partial charge in [-0.15, -0.1) is 0 Å². The van der Waals surface area contributed by atoms with Gasteiger partial charge >= 0.3 is 0 Å². The first-order valence-electron chi connectivity index (χ1n) is 7.15. The standard InChI is InChI=1S/C16H23FO2/c1-4-12-8-13(7-11(2)3)16(15(17)9-12)19-14-5-6-18-10-14/h8-9,11,14H,4-7,10H2,1-3H3/t14-/m1/s1. The Bertz CT molecular complexity index is 423. The van der Waals surface area contributed by atoms with Gasteiger partial charge in [-0.3, -0.25) is 0 Å². The van der Waals surface area contributed by atoms with Gasteiger partial charge < -0.3 is 9.47 Å². The van der Waals surface area contributed by atoms with Crippen LogP contribution in [0.3, 0.4) is 0 Å². The molecule has 1 saturated heterocycles. The molecule has 1 aromatic carbocycles. The van der Waals surface area contributed by atoms with E-state index in [9.17, 15) is 4.39 Å². The van der Waals surface area contributed by atoms with Crippen molar-refractivity contribution in [2.75, 3.05) is 13.2 Å². The summed E-state index contributed by atoms with van der Waals surface area (Å²) in [4.78, 5) is 0. The van der Waals surface area contributed by atoms with Crippen molar-refractivity contribution in [3.8, 4) is 5.75 Å². The van der Waals surface area contributed by atoms with Gasteiger partial charge in [0.1, 0.15) is 6.10 Å². The van der Waals surface area contributed by atoms with Crippen molar-refractivity contribution in [3.63, 3.8) is 0 Å². The zero-order valence-electron chi connectivity index (χ0n) is 12.0. The first-order valence-corrected chi connectivity index (χ1v) is 7.15. The molecule has 0 spiro atoms. The molecule has 2 nitrogen and oxygen atoms in total. The van der Waals surface area contributed by atoms with Crippen LogP contribution in [0, 0.1) is 11.7 Å². The number of hydrogen-bond donors (Lipinski definition) is 0. The molecule has 1 atom stereocenters. The third kappa shape index (κ3) is 3.69. The summed E-state index contributed by atoms with van der Waals surface area (Å²) in [7, 11) is 0. The van der Waals surface area contributed by atoms with E-state index in [0.29, 0.717) is 24.9 Å². The maximum absolute atomic E-state index is 14.2.